The largest absolute Gasteiger partial charge is 0.379 e. The summed E-state index contributed by atoms with van der Waals surface area (Å²) in [4.78, 5) is 23.7. The quantitative estimate of drug-likeness (QED) is 0.552. The monoisotopic (exact) mass is 539 g/mol. The van der Waals surface area contributed by atoms with Crippen molar-refractivity contribution < 1.29 is 17.9 Å². The molecule has 1 saturated heterocycles. The van der Waals surface area contributed by atoms with Gasteiger partial charge >= 0.3 is 0 Å². The molecule has 0 radical (unpaired) electrons. The molecule has 1 amide bonds. The minimum Gasteiger partial charge on any atom is -0.379 e. The first-order valence-corrected chi connectivity index (χ1v) is 15.2. The normalized spacial score (nSPS) is 30.4. The van der Waals surface area contributed by atoms with Crippen LogP contribution in [0.4, 0.5) is 5.13 Å². The Morgan fingerprint density at radius 2 is 1.77 bits per heavy atom. The number of fused-ring (bicyclic) bond motifs is 1. The van der Waals surface area contributed by atoms with Crippen LogP contribution in [-0.4, -0.2) is 69.9 Å². The molecule has 4 aliphatic carbocycles. The Morgan fingerprint density at radius 3 is 2.37 bits per heavy atom. The average molecular weight is 540 g/mol. The number of thiazole rings is 1. The predicted molar refractivity (Wildman–Crippen MR) is 140 cm³/mol. The molecule has 1 aromatic carbocycles. The molecule has 0 N–H and O–H groups in total. The van der Waals surface area contributed by atoms with Gasteiger partial charge in [0.25, 0.3) is 0 Å². The number of carbonyl (C=O) groups is 1. The molecule has 1 aromatic heterocycles. The summed E-state index contributed by atoms with van der Waals surface area (Å²) in [6.45, 7) is 4.55. The van der Waals surface area contributed by atoms with Crippen LogP contribution in [0.15, 0.2) is 23.1 Å². The molecule has 0 unspecified atom stereocenters. The molecule has 0 spiro atoms. The number of nitrogens with zero attached hydrogens (tertiary/aromatic N) is 3. The van der Waals surface area contributed by atoms with E-state index in [0.717, 1.165) is 56.8 Å². The highest BCUT2D eigenvalue weighted by molar-refractivity contribution is 7.91. The number of anilines is 1. The maximum absolute atomic E-state index is 14.4. The van der Waals surface area contributed by atoms with Crippen molar-refractivity contribution >= 4 is 54.8 Å². The van der Waals surface area contributed by atoms with Gasteiger partial charge in [0, 0.05) is 32.4 Å². The molecule has 5 aliphatic rings. The maximum atomic E-state index is 14.4. The second-order valence-electron chi connectivity index (χ2n) is 11.0. The fraction of sp³-hybridized carbons (Fsp3) is 0.680. The molecule has 7 nitrogen and oxygen atoms in total. The van der Waals surface area contributed by atoms with Gasteiger partial charge in [0.05, 0.1) is 28.2 Å². The molecule has 2 aromatic rings. The molecule has 10 heteroatoms. The van der Waals surface area contributed by atoms with Crippen LogP contribution < -0.4 is 4.90 Å². The fourth-order valence-electron chi connectivity index (χ4n) is 7.34. The zero-order valence-corrected chi connectivity index (χ0v) is 22.6. The Morgan fingerprint density at radius 1 is 1.14 bits per heavy atom. The van der Waals surface area contributed by atoms with E-state index in [0.29, 0.717) is 34.9 Å². The Hall–Kier alpha value is -1.26. The number of amides is 1. The zero-order valence-electron chi connectivity index (χ0n) is 20.1. The third-order valence-corrected chi connectivity index (χ3v) is 10.7. The van der Waals surface area contributed by atoms with Crippen LogP contribution in [0, 0.1) is 23.2 Å². The van der Waals surface area contributed by atoms with Crippen LogP contribution in [0.1, 0.15) is 38.5 Å². The van der Waals surface area contributed by atoms with E-state index in [4.69, 9.17) is 9.72 Å². The first-order valence-electron chi connectivity index (χ1n) is 12.5. The Kier molecular flexibility index (Phi) is 6.94. The lowest BCUT2D eigenvalue weighted by atomic mass is 9.49. The number of benzene rings is 1. The summed E-state index contributed by atoms with van der Waals surface area (Å²) in [5.74, 6) is 2.27. The Labute approximate surface area is 217 Å². The topological polar surface area (TPSA) is 79.8 Å². The van der Waals surface area contributed by atoms with Crippen LogP contribution >= 0.6 is 23.7 Å². The van der Waals surface area contributed by atoms with Gasteiger partial charge in [-0.3, -0.25) is 14.6 Å². The van der Waals surface area contributed by atoms with Gasteiger partial charge in [-0.2, -0.15) is 0 Å². The van der Waals surface area contributed by atoms with Crippen molar-refractivity contribution in [3.05, 3.63) is 18.2 Å². The smallest absolute Gasteiger partial charge is 0.235 e. The van der Waals surface area contributed by atoms with Gasteiger partial charge in [-0.05, 0) is 68.4 Å². The molecule has 2 heterocycles. The molecule has 35 heavy (non-hydrogen) atoms. The van der Waals surface area contributed by atoms with E-state index in [1.54, 1.807) is 12.1 Å². The van der Waals surface area contributed by atoms with Crippen LogP contribution in [0.5, 0.6) is 0 Å². The van der Waals surface area contributed by atoms with E-state index in [-0.39, 0.29) is 28.6 Å². The van der Waals surface area contributed by atoms with Crippen LogP contribution in [0.2, 0.25) is 0 Å². The molecule has 5 fully saturated rings. The highest BCUT2D eigenvalue weighted by Gasteiger charge is 2.56. The SMILES string of the molecule is CS(=O)(=O)c1cccc2sc(N(CCN3CCOCC3)C(=O)C34CC5CC(CC(C5)C3)C4)nc12.Cl. The van der Waals surface area contributed by atoms with Gasteiger partial charge in [0.15, 0.2) is 15.0 Å². The first-order chi connectivity index (χ1) is 16.3. The maximum Gasteiger partial charge on any atom is 0.235 e. The van der Waals surface area contributed by atoms with E-state index < -0.39 is 9.84 Å². The number of sulfone groups is 1. The van der Waals surface area contributed by atoms with Gasteiger partial charge in [0.1, 0.15) is 5.52 Å². The van der Waals surface area contributed by atoms with Crippen molar-refractivity contribution in [1.29, 1.82) is 0 Å². The standard InChI is InChI=1S/C25H33N3O4S2.ClH/c1-34(30,31)21-4-2-3-20-22(21)26-24(33-20)28(6-5-27-7-9-32-10-8-27)23(29)25-14-17-11-18(15-25)13-19(12-17)16-25;/h2-4,17-19H,5-16H2,1H3;1H. The van der Waals surface area contributed by atoms with Crippen molar-refractivity contribution in [2.24, 2.45) is 23.2 Å². The van der Waals surface area contributed by atoms with Gasteiger partial charge in [-0.1, -0.05) is 17.4 Å². The van der Waals surface area contributed by atoms with E-state index in [1.807, 2.05) is 11.0 Å². The van der Waals surface area contributed by atoms with E-state index in [2.05, 4.69) is 4.90 Å². The fourth-order valence-corrected chi connectivity index (χ4v) is 9.25. The van der Waals surface area contributed by atoms with Crippen molar-refractivity contribution in [1.82, 2.24) is 9.88 Å². The molecule has 1 aliphatic heterocycles. The number of carbonyl (C=O) groups excluding carboxylic acids is 1. The van der Waals surface area contributed by atoms with Gasteiger partial charge < -0.3 is 4.74 Å². The van der Waals surface area contributed by atoms with Crippen molar-refractivity contribution in [3.63, 3.8) is 0 Å². The minimum atomic E-state index is -3.41. The lowest BCUT2D eigenvalue weighted by molar-refractivity contribution is -0.143. The van der Waals surface area contributed by atoms with Gasteiger partial charge in [0.2, 0.25) is 5.91 Å². The third kappa shape index (κ3) is 4.75. The predicted octanol–water partition coefficient (Wildman–Crippen LogP) is 4.00. The Balaban J connectivity index is 0.00000253. The summed E-state index contributed by atoms with van der Waals surface area (Å²) < 4.78 is 31.1. The van der Waals surface area contributed by atoms with E-state index >= 15 is 0 Å². The number of ether oxygens (including phenoxy) is 1. The molecule has 0 atom stereocenters. The van der Waals surface area contributed by atoms with Crippen LogP contribution in [0.3, 0.4) is 0 Å². The number of rotatable bonds is 6. The summed E-state index contributed by atoms with van der Waals surface area (Å²) in [5.41, 5.74) is 0.219. The number of halogens is 1. The molecule has 192 valence electrons. The van der Waals surface area contributed by atoms with E-state index in [1.165, 1.54) is 36.9 Å². The number of hydrogen-bond donors (Lipinski definition) is 0. The van der Waals surface area contributed by atoms with Crippen LogP contribution in [-0.2, 0) is 19.4 Å². The second-order valence-corrected chi connectivity index (χ2v) is 14.0. The molecular weight excluding hydrogens is 506 g/mol. The van der Waals surface area contributed by atoms with Crippen molar-refractivity contribution in [2.45, 2.75) is 43.4 Å². The number of para-hydroxylation sites is 1. The minimum absolute atomic E-state index is 0. The number of hydrogen-bond acceptors (Lipinski definition) is 7. The van der Waals surface area contributed by atoms with Crippen molar-refractivity contribution in [3.8, 4) is 0 Å². The van der Waals surface area contributed by atoms with Gasteiger partial charge in [-0.15, -0.1) is 12.4 Å². The van der Waals surface area contributed by atoms with Crippen molar-refractivity contribution in [2.75, 3.05) is 50.5 Å². The number of morpholine rings is 1. The molecule has 4 saturated carbocycles. The molecule has 4 bridgehead atoms. The zero-order chi connectivity index (χ0) is 23.5. The highest BCUT2D eigenvalue weighted by Crippen LogP contribution is 2.60. The second kappa shape index (κ2) is 9.56. The lowest BCUT2D eigenvalue weighted by Gasteiger charge is -2.56. The third-order valence-electron chi connectivity index (χ3n) is 8.48. The first kappa shape index (κ1) is 25.4. The summed E-state index contributed by atoms with van der Waals surface area (Å²) in [6, 6.07) is 5.28. The van der Waals surface area contributed by atoms with Gasteiger partial charge in [-0.25, -0.2) is 13.4 Å². The summed E-state index contributed by atoms with van der Waals surface area (Å²) >= 11 is 1.44. The highest BCUT2D eigenvalue weighted by atomic mass is 35.5. The molecule has 7 rings (SSSR count). The van der Waals surface area contributed by atoms with E-state index in [9.17, 15) is 13.2 Å². The number of aromatic nitrogens is 1. The lowest BCUT2D eigenvalue weighted by Crippen LogP contribution is -2.56. The Bertz CT molecular complexity index is 1170. The summed E-state index contributed by atoms with van der Waals surface area (Å²) in [6.07, 6.45) is 8.11. The summed E-state index contributed by atoms with van der Waals surface area (Å²) in [7, 11) is -3.41. The molecular formula is C25H34ClN3O4S2. The average Bonchev–Trinajstić information content (AvgIpc) is 3.22. The summed E-state index contributed by atoms with van der Waals surface area (Å²) in [5, 5.41) is 0.639. The van der Waals surface area contributed by atoms with Crippen LogP contribution in [0.25, 0.3) is 10.2 Å².